The van der Waals surface area contributed by atoms with Crippen molar-refractivity contribution in [3.8, 4) is 0 Å². The van der Waals surface area contributed by atoms with Crippen LogP contribution in [0.4, 0.5) is 0 Å². The lowest BCUT2D eigenvalue weighted by atomic mass is 9.81. The SMILES string of the molecule is COCC1(C)CCN(C(=NCC(=O)N(C)C)NC2CC2)CC1. The van der Waals surface area contributed by atoms with Crippen molar-refractivity contribution >= 4 is 11.9 Å². The second kappa shape index (κ2) is 7.31. The Morgan fingerprint density at radius 3 is 2.50 bits per heavy atom. The Balaban J connectivity index is 1.94. The van der Waals surface area contributed by atoms with E-state index in [1.54, 1.807) is 26.1 Å². The van der Waals surface area contributed by atoms with Crippen molar-refractivity contribution < 1.29 is 9.53 Å². The lowest BCUT2D eigenvalue weighted by molar-refractivity contribution is -0.127. The van der Waals surface area contributed by atoms with E-state index in [1.807, 2.05) is 0 Å². The molecule has 6 nitrogen and oxygen atoms in total. The highest BCUT2D eigenvalue weighted by Crippen LogP contribution is 2.31. The summed E-state index contributed by atoms with van der Waals surface area (Å²) in [5.41, 5.74) is 0.259. The van der Waals surface area contributed by atoms with Gasteiger partial charge in [0.15, 0.2) is 5.96 Å². The maximum absolute atomic E-state index is 11.8. The molecule has 2 rings (SSSR count). The van der Waals surface area contributed by atoms with Crippen LogP contribution >= 0.6 is 0 Å². The first-order valence-electron chi connectivity index (χ1n) is 8.18. The predicted molar refractivity (Wildman–Crippen MR) is 87.9 cm³/mol. The summed E-state index contributed by atoms with van der Waals surface area (Å²) in [6, 6.07) is 0.542. The summed E-state index contributed by atoms with van der Waals surface area (Å²) in [7, 11) is 5.30. The zero-order valence-electron chi connectivity index (χ0n) is 14.4. The van der Waals surface area contributed by atoms with Crippen LogP contribution in [0, 0.1) is 5.41 Å². The third-order valence-electron chi connectivity index (χ3n) is 4.54. The quantitative estimate of drug-likeness (QED) is 0.606. The van der Waals surface area contributed by atoms with Crippen molar-refractivity contribution in [1.82, 2.24) is 15.1 Å². The lowest BCUT2D eigenvalue weighted by Gasteiger charge is -2.40. The molecule has 2 aliphatic rings. The van der Waals surface area contributed by atoms with E-state index in [4.69, 9.17) is 4.74 Å². The minimum Gasteiger partial charge on any atom is -0.384 e. The van der Waals surface area contributed by atoms with E-state index in [0.717, 1.165) is 38.5 Å². The molecule has 1 N–H and O–H groups in total. The standard InChI is InChI=1S/C16H30N4O2/c1-16(12-22-4)7-9-20(10-8-16)15(18-13-5-6-13)17-11-14(21)19(2)3/h13H,5-12H2,1-4H3,(H,17,18). The maximum atomic E-state index is 11.8. The van der Waals surface area contributed by atoms with Gasteiger partial charge in [-0.15, -0.1) is 0 Å². The number of likely N-dealkylation sites (N-methyl/N-ethyl adjacent to an activating group) is 1. The third kappa shape index (κ3) is 4.87. The van der Waals surface area contributed by atoms with E-state index >= 15 is 0 Å². The largest absolute Gasteiger partial charge is 0.384 e. The molecule has 0 unspecified atom stereocenters. The Hall–Kier alpha value is -1.30. The summed E-state index contributed by atoms with van der Waals surface area (Å²) >= 11 is 0. The molecule has 1 aliphatic heterocycles. The number of likely N-dealkylation sites (tertiary alicyclic amines) is 1. The van der Waals surface area contributed by atoms with E-state index in [1.165, 1.54) is 12.8 Å². The van der Waals surface area contributed by atoms with Crippen LogP contribution in [0.3, 0.4) is 0 Å². The molecule has 0 aromatic carbocycles. The topological polar surface area (TPSA) is 57.2 Å². The van der Waals surface area contributed by atoms with Crippen molar-refractivity contribution in [2.75, 3.05) is 47.4 Å². The fourth-order valence-electron chi connectivity index (χ4n) is 2.68. The monoisotopic (exact) mass is 310 g/mol. The molecule has 6 heteroatoms. The molecule has 1 amide bonds. The lowest BCUT2D eigenvalue weighted by Crippen LogP contribution is -2.49. The highest BCUT2D eigenvalue weighted by molar-refractivity contribution is 5.85. The molecule has 0 atom stereocenters. The molecule has 2 fully saturated rings. The molecule has 126 valence electrons. The highest BCUT2D eigenvalue weighted by Gasteiger charge is 2.32. The molecule has 22 heavy (non-hydrogen) atoms. The van der Waals surface area contributed by atoms with Crippen molar-refractivity contribution in [2.24, 2.45) is 10.4 Å². The number of methoxy groups -OCH3 is 1. The van der Waals surface area contributed by atoms with Gasteiger partial charge in [0, 0.05) is 40.3 Å². The zero-order valence-corrected chi connectivity index (χ0v) is 14.4. The van der Waals surface area contributed by atoms with Gasteiger partial charge in [0.1, 0.15) is 6.54 Å². The Bertz CT molecular complexity index is 410. The number of guanidine groups is 1. The summed E-state index contributed by atoms with van der Waals surface area (Å²) < 4.78 is 5.35. The van der Waals surface area contributed by atoms with Gasteiger partial charge in [-0.3, -0.25) is 4.79 Å². The minimum atomic E-state index is 0.0383. The number of amides is 1. The fraction of sp³-hybridized carbons (Fsp3) is 0.875. The van der Waals surface area contributed by atoms with Crippen LogP contribution in [0.15, 0.2) is 4.99 Å². The number of rotatable bonds is 5. The van der Waals surface area contributed by atoms with Gasteiger partial charge in [0.25, 0.3) is 0 Å². The maximum Gasteiger partial charge on any atom is 0.243 e. The highest BCUT2D eigenvalue weighted by atomic mass is 16.5. The van der Waals surface area contributed by atoms with Crippen LogP contribution in [-0.4, -0.2) is 75.2 Å². The molecule has 0 aromatic heterocycles. The second-order valence-corrected chi connectivity index (χ2v) is 7.08. The first kappa shape index (κ1) is 17.1. The van der Waals surface area contributed by atoms with Gasteiger partial charge in [-0.05, 0) is 31.1 Å². The summed E-state index contributed by atoms with van der Waals surface area (Å²) in [6.07, 6.45) is 4.59. The molecule has 1 heterocycles. The minimum absolute atomic E-state index is 0.0383. The normalized spacial score (nSPS) is 21.6. The Kier molecular flexibility index (Phi) is 5.67. The van der Waals surface area contributed by atoms with Crippen LogP contribution < -0.4 is 5.32 Å². The van der Waals surface area contributed by atoms with Crippen LogP contribution in [-0.2, 0) is 9.53 Å². The number of aliphatic imine (C=N–C) groups is 1. The molecule has 1 aliphatic carbocycles. The molecule has 0 aromatic rings. The van der Waals surface area contributed by atoms with Crippen LogP contribution in [0.5, 0.6) is 0 Å². The second-order valence-electron chi connectivity index (χ2n) is 7.08. The number of ether oxygens (including phenoxy) is 1. The molecule has 1 saturated heterocycles. The van der Waals surface area contributed by atoms with E-state index in [2.05, 4.69) is 22.1 Å². The number of hydrogen-bond acceptors (Lipinski definition) is 3. The first-order valence-corrected chi connectivity index (χ1v) is 8.18. The molecule has 1 saturated carbocycles. The van der Waals surface area contributed by atoms with E-state index in [9.17, 15) is 4.79 Å². The summed E-state index contributed by atoms with van der Waals surface area (Å²) in [4.78, 5) is 20.2. The zero-order chi connectivity index (χ0) is 16.2. The van der Waals surface area contributed by atoms with Gasteiger partial charge in [-0.25, -0.2) is 4.99 Å². The number of carbonyl (C=O) groups excluding carboxylic acids is 1. The van der Waals surface area contributed by atoms with Crippen molar-refractivity contribution in [3.05, 3.63) is 0 Å². The summed E-state index contributed by atoms with van der Waals surface area (Å²) in [6.45, 7) is 5.24. The molecular weight excluding hydrogens is 280 g/mol. The third-order valence-corrected chi connectivity index (χ3v) is 4.54. The van der Waals surface area contributed by atoms with Crippen LogP contribution in [0.2, 0.25) is 0 Å². The number of hydrogen-bond donors (Lipinski definition) is 1. The van der Waals surface area contributed by atoms with E-state index in [0.29, 0.717) is 6.04 Å². The van der Waals surface area contributed by atoms with Crippen molar-refractivity contribution in [3.63, 3.8) is 0 Å². The first-order chi connectivity index (χ1) is 10.4. The summed E-state index contributed by atoms with van der Waals surface area (Å²) in [5, 5.41) is 3.49. The van der Waals surface area contributed by atoms with Gasteiger partial charge in [0.2, 0.25) is 5.91 Å². The van der Waals surface area contributed by atoms with E-state index < -0.39 is 0 Å². The Labute approximate surface area is 133 Å². The Morgan fingerprint density at radius 1 is 1.36 bits per heavy atom. The van der Waals surface area contributed by atoms with Gasteiger partial charge in [0.05, 0.1) is 6.61 Å². The van der Waals surface area contributed by atoms with Gasteiger partial charge in [-0.1, -0.05) is 6.92 Å². The molecule has 0 bridgehead atoms. The number of carbonyl (C=O) groups is 1. The molecule has 0 spiro atoms. The fourth-order valence-corrected chi connectivity index (χ4v) is 2.68. The number of nitrogens with one attached hydrogen (secondary N) is 1. The molecule has 0 radical (unpaired) electrons. The average Bonchev–Trinajstić information content (AvgIpc) is 3.28. The van der Waals surface area contributed by atoms with Gasteiger partial charge < -0.3 is 19.9 Å². The van der Waals surface area contributed by atoms with Gasteiger partial charge in [-0.2, -0.15) is 0 Å². The van der Waals surface area contributed by atoms with E-state index in [-0.39, 0.29) is 17.9 Å². The predicted octanol–water partition coefficient (Wildman–Crippen LogP) is 0.931. The average molecular weight is 310 g/mol. The Morgan fingerprint density at radius 2 is 2.00 bits per heavy atom. The number of piperidine rings is 1. The smallest absolute Gasteiger partial charge is 0.243 e. The van der Waals surface area contributed by atoms with Crippen LogP contribution in [0.1, 0.15) is 32.6 Å². The van der Waals surface area contributed by atoms with Gasteiger partial charge >= 0.3 is 0 Å². The summed E-state index contributed by atoms with van der Waals surface area (Å²) in [5.74, 6) is 0.938. The number of nitrogens with zero attached hydrogens (tertiary/aromatic N) is 3. The van der Waals surface area contributed by atoms with Crippen molar-refractivity contribution in [1.29, 1.82) is 0 Å². The van der Waals surface area contributed by atoms with Crippen molar-refractivity contribution in [2.45, 2.75) is 38.6 Å². The van der Waals surface area contributed by atoms with Crippen LogP contribution in [0.25, 0.3) is 0 Å². The molecular formula is C16H30N4O2.